The van der Waals surface area contributed by atoms with Gasteiger partial charge in [-0.3, -0.25) is 0 Å². The molecule has 0 aromatic heterocycles. The molecule has 0 fully saturated rings. The van der Waals surface area contributed by atoms with Gasteiger partial charge in [-0.05, 0) is 41.8 Å². The van der Waals surface area contributed by atoms with E-state index in [4.69, 9.17) is 11.6 Å². The normalized spacial score (nSPS) is 16.7. The first-order chi connectivity index (χ1) is 10.1. The van der Waals surface area contributed by atoms with Crippen molar-refractivity contribution in [2.24, 2.45) is 0 Å². The molecule has 2 aromatic carbocycles. The van der Waals surface area contributed by atoms with Crippen molar-refractivity contribution in [1.29, 1.82) is 0 Å². The van der Waals surface area contributed by atoms with Crippen LogP contribution in [0.2, 0.25) is 5.02 Å². The molecule has 0 bridgehead atoms. The van der Waals surface area contributed by atoms with E-state index in [9.17, 15) is 9.90 Å². The summed E-state index contributed by atoms with van der Waals surface area (Å²) < 4.78 is 0. The van der Waals surface area contributed by atoms with E-state index < -0.39 is 5.97 Å². The number of halogens is 1. The SMILES string of the molecule is O=C([O-])CSC1Cc2cc(Cl)ccc2Sc2ccccc21. The maximum Gasteiger partial charge on any atom is 0.0513 e. The third kappa shape index (κ3) is 3.39. The van der Waals surface area contributed by atoms with Gasteiger partial charge < -0.3 is 9.90 Å². The molecule has 0 amide bonds. The summed E-state index contributed by atoms with van der Waals surface area (Å²) in [4.78, 5) is 13.1. The maximum absolute atomic E-state index is 10.8. The molecule has 0 saturated carbocycles. The van der Waals surface area contributed by atoms with Gasteiger partial charge in [-0.1, -0.05) is 41.6 Å². The second-order valence-corrected chi connectivity index (χ2v) is 7.48. The molecule has 1 heterocycles. The second kappa shape index (κ2) is 6.34. The Morgan fingerprint density at radius 2 is 2.10 bits per heavy atom. The summed E-state index contributed by atoms with van der Waals surface area (Å²) in [5.41, 5.74) is 2.35. The number of fused-ring (bicyclic) bond motifs is 2. The lowest BCUT2D eigenvalue weighted by molar-refractivity contribution is -0.301. The van der Waals surface area contributed by atoms with Gasteiger partial charge >= 0.3 is 0 Å². The highest BCUT2D eigenvalue weighted by atomic mass is 35.5. The molecule has 1 atom stereocenters. The summed E-state index contributed by atoms with van der Waals surface area (Å²) in [6.07, 6.45) is 0.776. The van der Waals surface area contributed by atoms with Gasteiger partial charge in [0, 0.05) is 25.8 Å². The fraction of sp³-hybridized carbons (Fsp3) is 0.188. The molecule has 0 spiro atoms. The van der Waals surface area contributed by atoms with Crippen molar-refractivity contribution in [3.8, 4) is 0 Å². The molecule has 2 nitrogen and oxygen atoms in total. The minimum absolute atomic E-state index is 0.000430. The highest BCUT2D eigenvalue weighted by Gasteiger charge is 2.23. The number of carboxylic acids is 1. The van der Waals surface area contributed by atoms with Crippen molar-refractivity contribution < 1.29 is 9.90 Å². The molecule has 0 radical (unpaired) electrons. The minimum Gasteiger partial charge on any atom is -0.549 e. The zero-order chi connectivity index (χ0) is 14.8. The molecular formula is C16H12ClO2S2-. The summed E-state index contributed by atoms with van der Waals surface area (Å²) in [6.45, 7) is 0. The molecule has 0 N–H and O–H groups in total. The van der Waals surface area contributed by atoms with Crippen LogP contribution in [-0.4, -0.2) is 11.7 Å². The lowest BCUT2D eigenvalue weighted by atomic mass is 10.0. The fourth-order valence-electron chi connectivity index (χ4n) is 2.39. The van der Waals surface area contributed by atoms with Crippen LogP contribution in [0.1, 0.15) is 16.4 Å². The number of carboxylic acid groups (broad SMARTS) is 1. The van der Waals surface area contributed by atoms with Crippen LogP contribution >= 0.6 is 35.1 Å². The first-order valence-corrected chi connectivity index (χ1v) is 8.74. The van der Waals surface area contributed by atoms with Crippen molar-refractivity contribution in [1.82, 2.24) is 0 Å². The van der Waals surface area contributed by atoms with E-state index in [0.717, 1.165) is 6.42 Å². The van der Waals surface area contributed by atoms with Gasteiger partial charge in [0.25, 0.3) is 0 Å². The average molecular weight is 336 g/mol. The summed E-state index contributed by atoms with van der Waals surface area (Å²) in [7, 11) is 0. The number of hydrogen-bond acceptors (Lipinski definition) is 4. The van der Waals surface area contributed by atoms with Crippen molar-refractivity contribution in [3.05, 3.63) is 58.6 Å². The Morgan fingerprint density at radius 1 is 1.29 bits per heavy atom. The Bertz CT molecular complexity index is 688. The van der Waals surface area contributed by atoms with E-state index in [0.29, 0.717) is 5.02 Å². The summed E-state index contributed by atoms with van der Waals surface area (Å²) >= 11 is 9.22. The van der Waals surface area contributed by atoms with E-state index >= 15 is 0 Å². The topological polar surface area (TPSA) is 40.1 Å². The lowest BCUT2D eigenvalue weighted by Gasteiger charge is -2.17. The van der Waals surface area contributed by atoms with Crippen LogP contribution < -0.4 is 5.11 Å². The predicted molar refractivity (Wildman–Crippen MR) is 85.9 cm³/mol. The van der Waals surface area contributed by atoms with Crippen LogP contribution in [0.3, 0.4) is 0 Å². The third-order valence-corrected chi connectivity index (χ3v) is 5.99. The van der Waals surface area contributed by atoms with Gasteiger partial charge in [0.15, 0.2) is 0 Å². The maximum atomic E-state index is 10.8. The molecule has 21 heavy (non-hydrogen) atoms. The molecule has 5 heteroatoms. The highest BCUT2D eigenvalue weighted by Crippen LogP contribution is 2.45. The standard InChI is InChI=1S/C16H13ClO2S2/c17-11-5-6-13-10(7-11)8-15(20-9-16(18)19)12-3-1-2-4-14(12)21-13/h1-7,15H,8-9H2,(H,18,19)/p-1. The number of rotatable bonds is 3. The predicted octanol–water partition coefficient (Wildman–Crippen LogP) is 3.57. The van der Waals surface area contributed by atoms with E-state index in [1.807, 2.05) is 30.3 Å². The van der Waals surface area contributed by atoms with Crippen LogP contribution in [0.5, 0.6) is 0 Å². The Hall–Kier alpha value is -1.10. The molecule has 1 unspecified atom stereocenters. The molecule has 2 aromatic rings. The van der Waals surface area contributed by atoms with Gasteiger partial charge in [-0.15, -0.1) is 11.8 Å². The highest BCUT2D eigenvalue weighted by molar-refractivity contribution is 8.00. The fourth-order valence-corrected chi connectivity index (χ4v) is 4.80. The number of hydrogen-bond donors (Lipinski definition) is 0. The smallest absolute Gasteiger partial charge is 0.0513 e. The number of thioether (sulfide) groups is 1. The monoisotopic (exact) mass is 335 g/mol. The van der Waals surface area contributed by atoms with Crippen LogP contribution in [0.4, 0.5) is 0 Å². The number of benzene rings is 2. The average Bonchev–Trinajstić information content (AvgIpc) is 2.61. The first-order valence-electron chi connectivity index (χ1n) is 6.50. The van der Waals surface area contributed by atoms with Crippen molar-refractivity contribution in [2.75, 3.05) is 5.75 Å². The van der Waals surface area contributed by atoms with Gasteiger partial charge in [-0.2, -0.15) is 0 Å². The van der Waals surface area contributed by atoms with E-state index in [2.05, 4.69) is 12.1 Å². The Labute approximate surface area is 136 Å². The van der Waals surface area contributed by atoms with Crippen molar-refractivity contribution >= 4 is 41.1 Å². The Kier molecular flexibility index (Phi) is 4.48. The Morgan fingerprint density at radius 3 is 2.90 bits per heavy atom. The first kappa shape index (κ1) is 14.8. The molecule has 1 aliphatic heterocycles. The number of carbonyl (C=O) groups is 1. The van der Waals surface area contributed by atoms with Crippen LogP contribution in [-0.2, 0) is 11.2 Å². The molecule has 0 aliphatic carbocycles. The number of aliphatic carboxylic acids is 1. The summed E-state index contributed by atoms with van der Waals surface area (Å²) in [5, 5.41) is 11.6. The minimum atomic E-state index is -1.03. The molecule has 3 rings (SSSR count). The molecule has 1 aliphatic rings. The molecular weight excluding hydrogens is 324 g/mol. The third-order valence-electron chi connectivity index (χ3n) is 3.32. The van der Waals surface area contributed by atoms with Crippen molar-refractivity contribution in [3.63, 3.8) is 0 Å². The van der Waals surface area contributed by atoms with Gasteiger partial charge in [-0.25, -0.2) is 0 Å². The lowest BCUT2D eigenvalue weighted by Crippen LogP contribution is -2.25. The molecule has 0 saturated heterocycles. The van der Waals surface area contributed by atoms with Crippen LogP contribution in [0, 0.1) is 0 Å². The van der Waals surface area contributed by atoms with Crippen molar-refractivity contribution in [2.45, 2.75) is 21.5 Å². The summed E-state index contributed by atoms with van der Waals surface area (Å²) in [5.74, 6) is -1.03. The van der Waals surface area contributed by atoms with Crippen LogP contribution in [0.25, 0.3) is 0 Å². The van der Waals surface area contributed by atoms with Gasteiger partial charge in [0.2, 0.25) is 0 Å². The molecule has 108 valence electrons. The zero-order valence-electron chi connectivity index (χ0n) is 11.0. The van der Waals surface area contributed by atoms with E-state index in [-0.39, 0.29) is 11.0 Å². The number of carbonyl (C=O) groups excluding carboxylic acids is 1. The zero-order valence-corrected chi connectivity index (χ0v) is 13.4. The quantitative estimate of drug-likeness (QED) is 0.859. The summed E-state index contributed by atoms with van der Waals surface area (Å²) in [6, 6.07) is 14.1. The largest absolute Gasteiger partial charge is 0.549 e. The van der Waals surface area contributed by atoms with E-state index in [1.165, 1.54) is 32.7 Å². The van der Waals surface area contributed by atoms with Crippen LogP contribution in [0.15, 0.2) is 52.3 Å². The Balaban J connectivity index is 2.00. The second-order valence-electron chi connectivity index (χ2n) is 4.77. The van der Waals surface area contributed by atoms with Gasteiger partial charge in [0.05, 0.1) is 5.97 Å². The van der Waals surface area contributed by atoms with Gasteiger partial charge in [0.1, 0.15) is 0 Å². The van der Waals surface area contributed by atoms with E-state index in [1.54, 1.807) is 11.8 Å².